The van der Waals surface area contributed by atoms with Crippen molar-refractivity contribution in [2.75, 3.05) is 0 Å². The number of hydrogen-bond donors (Lipinski definition) is 4. The smallest absolute Gasteiger partial charge is 0.318 e. The number of carbonyl (C=O) groups is 2. The number of nitrogens with two attached hydrogens (primary N) is 1. The molecular formula is C7H16BrN2O5P. The molecule has 0 aliphatic carbocycles. The molecular weight excluding hydrogens is 303 g/mol. The van der Waals surface area contributed by atoms with Gasteiger partial charge in [0, 0.05) is 0 Å². The Hall–Kier alpha value is -0.430. The molecule has 0 aromatic carbocycles. The normalized spacial score (nSPS) is 10.4. The predicted octanol–water partition coefficient (Wildman–Crippen LogP) is 0.496. The summed E-state index contributed by atoms with van der Waals surface area (Å²) in [5.41, 5.74) is 4.81. The second-order valence-electron chi connectivity index (χ2n) is 2.77. The van der Waals surface area contributed by atoms with E-state index in [1.54, 1.807) is 0 Å². The maximum Gasteiger partial charge on any atom is 0.318 e. The molecule has 0 unspecified atom stereocenters. The van der Waals surface area contributed by atoms with Crippen molar-refractivity contribution in [3.8, 4) is 0 Å². The Balaban J connectivity index is 0. The molecule has 9 heteroatoms. The lowest BCUT2D eigenvalue weighted by Gasteiger charge is -2.21. The molecule has 0 aliphatic rings. The first-order valence-electron chi connectivity index (χ1n) is 4.41. The van der Waals surface area contributed by atoms with E-state index in [-0.39, 0.29) is 5.91 Å². The van der Waals surface area contributed by atoms with E-state index in [1.165, 1.54) is 0 Å². The van der Waals surface area contributed by atoms with E-state index in [4.69, 9.17) is 20.1 Å². The van der Waals surface area contributed by atoms with Crippen LogP contribution in [0.3, 0.4) is 0 Å². The minimum Gasteiger partial charge on any atom is -0.351 e. The molecule has 7 nitrogen and oxygen atoms in total. The van der Waals surface area contributed by atoms with Crippen molar-refractivity contribution in [1.82, 2.24) is 5.32 Å². The van der Waals surface area contributed by atoms with Gasteiger partial charge in [0.1, 0.15) is 4.32 Å². The van der Waals surface area contributed by atoms with Gasteiger partial charge in [0.2, 0.25) is 5.91 Å². The summed E-state index contributed by atoms with van der Waals surface area (Å²) >= 11 is 3.26. The number of alkyl halides is 1. The average molecular weight is 319 g/mol. The lowest BCUT2D eigenvalue weighted by Crippen LogP contribution is -2.46. The summed E-state index contributed by atoms with van der Waals surface area (Å²) in [4.78, 5) is 36.0. The number of rotatable bonds is 3. The standard InChI is InChI=1S/C7H13BrN2O2.H3O3P/c1-3-7(8,4-2)5(11)10-6(9)12;1-4(2)3/h3-4H2,1-2H3,(H3,9,10,11,12);4H,(H2,1,2,3). The summed E-state index contributed by atoms with van der Waals surface area (Å²) in [6.45, 7) is 3.72. The second-order valence-corrected chi connectivity index (χ2v) is 4.86. The van der Waals surface area contributed by atoms with E-state index in [0.717, 1.165) is 0 Å². The van der Waals surface area contributed by atoms with Gasteiger partial charge in [0.05, 0.1) is 0 Å². The van der Waals surface area contributed by atoms with Crippen LogP contribution in [0.5, 0.6) is 0 Å². The molecule has 0 atom stereocenters. The van der Waals surface area contributed by atoms with Crippen molar-refractivity contribution in [3.63, 3.8) is 0 Å². The van der Waals surface area contributed by atoms with Gasteiger partial charge in [-0.05, 0) is 12.8 Å². The molecule has 0 aromatic rings. The van der Waals surface area contributed by atoms with Crippen LogP contribution in [0.15, 0.2) is 0 Å². The van der Waals surface area contributed by atoms with E-state index in [1.807, 2.05) is 19.2 Å². The summed E-state index contributed by atoms with van der Waals surface area (Å²) in [5, 5.41) is 2.04. The molecule has 0 bridgehead atoms. The van der Waals surface area contributed by atoms with Gasteiger partial charge in [0.25, 0.3) is 0 Å². The van der Waals surface area contributed by atoms with Crippen LogP contribution >= 0.6 is 24.2 Å². The Morgan fingerprint density at radius 3 is 1.88 bits per heavy atom. The fraction of sp³-hybridized carbons (Fsp3) is 0.714. The van der Waals surface area contributed by atoms with Crippen LogP contribution in [0, 0.1) is 0 Å². The Morgan fingerprint density at radius 2 is 1.69 bits per heavy atom. The predicted molar refractivity (Wildman–Crippen MR) is 63.4 cm³/mol. The van der Waals surface area contributed by atoms with Gasteiger partial charge in [-0.25, -0.2) is 4.79 Å². The highest BCUT2D eigenvalue weighted by molar-refractivity contribution is 9.10. The third kappa shape index (κ3) is 8.84. The molecule has 0 rings (SSSR count). The van der Waals surface area contributed by atoms with E-state index in [9.17, 15) is 9.59 Å². The van der Waals surface area contributed by atoms with Gasteiger partial charge in [-0.2, -0.15) is 0 Å². The zero-order valence-electron chi connectivity index (χ0n) is 8.99. The summed E-state index contributed by atoms with van der Waals surface area (Å²) in [6.07, 6.45) is 1.23. The lowest BCUT2D eigenvalue weighted by atomic mass is 10.0. The molecule has 96 valence electrons. The first-order valence-corrected chi connectivity index (χ1v) is 6.50. The van der Waals surface area contributed by atoms with Crippen LogP contribution in [-0.2, 0) is 9.36 Å². The van der Waals surface area contributed by atoms with E-state index < -0.39 is 18.6 Å². The summed E-state index contributed by atoms with van der Waals surface area (Å²) in [7, 11) is -3.13. The molecule has 0 fully saturated rings. The van der Waals surface area contributed by atoms with Crippen molar-refractivity contribution in [2.24, 2.45) is 5.73 Å². The molecule has 0 heterocycles. The van der Waals surface area contributed by atoms with Gasteiger partial charge in [-0.15, -0.1) is 0 Å². The molecule has 16 heavy (non-hydrogen) atoms. The van der Waals surface area contributed by atoms with Gasteiger partial charge in [-0.3, -0.25) is 14.7 Å². The van der Waals surface area contributed by atoms with Crippen molar-refractivity contribution in [2.45, 2.75) is 31.0 Å². The Labute approximate surface area is 102 Å². The third-order valence-electron chi connectivity index (χ3n) is 1.76. The summed E-state index contributed by atoms with van der Waals surface area (Å²) in [6, 6.07) is -0.814. The van der Waals surface area contributed by atoms with Crippen LogP contribution < -0.4 is 11.1 Å². The first-order chi connectivity index (χ1) is 7.19. The monoisotopic (exact) mass is 318 g/mol. The highest BCUT2D eigenvalue weighted by atomic mass is 79.9. The number of amides is 3. The van der Waals surface area contributed by atoms with Crippen LogP contribution in [0.2, 0.25) is 0 Å². The molecule has 0 saturated carbocycles. The van der Waals surface area contributed by atoms with Gasteiger partial charge < -0.3 is 15.5 Å². The molecule has 5 N–H and O–H groups in total. The number of primary amides is 1. The Kier molecular flexibility index (Phi) is 9.75. The third-order valence-corrected chi connectivity index (χ3v) is 3.25. The lowest BCUT2D eigenvalue weighted by molar-refractivity contribution is -0.122. The van der Waals surface area contributed by atoms with E-state index in [2.05, 4.69) is 15.9 Å². The van der Waals surface area contributed by atoms with Crippen LogP contribution in [-0.4, -0.2) is 26.0 Å². The number of imide groups is 1. The Morgan fingerprint density at radius 1 is 1.38 bits per heavy atom. The zero-order valence-corrected chi connectivity index (χ0v) is 11.6. The summed E-state index contributed by atoms with van der Waals surface area (Å²) in [5.74, 6) is -0.375. The number of nitrogens with one attached hydrogen (secondary N) is 1. The van der Waals surface area contributed by atoms with Crippen molar-refractivity contribution in [1.29, 1.82) is 0 Å². The van der Waals surface area contributed by atoms with Gasteiger partial charge in [0.15, 0.2) is 0 Å². The SMILES string of the molecule is CCC(Br)(CC)C(=O)NC(N)=O.O=[PH](O)O. The number of urea groups is 1. The van der Waals surface area contributed by atoms with E-state index in [0.29, 0.717) is 12.8 Å². The van der Waals surface area contributed by atoms with Crippen molar-refractivity contribution in [3.05, 3.63) is 0 Å². The first kappa shape index (κ1) is 17.9. The maximum atomic E-state index is 11.3. The second kappa shape index (κ2) is 8.69. The minimum absolute atomic E-state index is 0.375. The van der Waals surface area contributed by atoms with Crippen molar-refractivity contribution >= 4 is 36.1 Å². The van der Waals surface area contributed by atoms with E-state index >= 15 is 0 Å². The van der Waals surface area contributed by atoms with Crippen LogP contribution in [0.4, 0.5) is 4.79 Å². The highest BCUT2D eigenvalue weighted by Gasteiger charge is 2.32. The number of carbonyl (C=O) groups excluding carboxylic acids is 2. The molecule has 0 aliphatic heterocycles. The maximum absolute atomic E-state index is 11.3. The largest absolute Gasteiger partial charge is 0.351 e. The topological polar surface area (TPSA) is 130 Å². The molecule has 0 saturated heterocycles. The molecule has 0 spiro atoms. The minimum atomic E-state index is -3.13. The number of hydrogen-bond acceptors (Lipinski definition) is 3. The van der Waals surface area contributed by atoms with Gasteiger partial charge in [-0.1, -0.05) is 29.8 Å². The fourth-order valence-corrected chi connectivity index (χ4v) is 0.894. The van der Waals surface area contributed by atoms with Crippen LogP contribution in [0.1, 0.15) is 26.7 Å². The molecule has 0 radical (unpaired) electrons. The molecule has 3 amide bonds. The number of halogens is 1. The van der Waals surface area contributed by atoms with Crippen molar-refractivity contribution < 1.29 is 23.9 Å². The quantitative estimate of drug-likeness (QED) is 0.444. The molecule has 0 aromatic heterocycles. The average Bonchev–Trinajstić information content (AvgIpc) is 2.14. The van der Waals surface area contributed by atoms with Gasteiger partial charge >= 0.3 is 14.3 Å². The zero-order chi connectivity index (χ0) is 13.4. The fourth-order valence-electron chi connectivity index (χ4n) is 0.795. The Bertz CT molecular complexity index is 266. The highest BCUT2D eigenvalue weighted by Crippen LogP contribution is 2.26. The summed E-state index contributed by atoms with van der Waals surface area (Å²) < 4.78 is 8.08. The van der Waals surface area contributed by atoms with Crippen LogP contribution in [0.25, 0.3) is 0 Å².